The average Bonchev–Trinajstić information content (AvgIpc) is 3.07. The Kier molecular flexibility index (Phi) is 4.18. The van der Waals surface area contributed by atoms with Gasteiger partial charge in [0, 0.05) is 5.39 Å². The smallest absolute Gasteiger partial charge is 0.231 e. The Bertz CT molecular complexity index is 1060. The van der Waals surface area contributed by atoms with Gasteiger partial charge in [0.05, 0.1) is 15.9 Å². The molecule has 0 aliphatic heterocycles. The van der Waals surface area contributed by atoms with Gasteiger partial charge in [-0.25, -0.2) is 4.98 Å². The average molecular weight is 345 g/mol. The highest BCUT2D eigenvalue weighted by molar-refractivity contribution is 7.21. The predicted molar refractivity (Wildman–Crippen MR) is 105 cm³/mol. The number of amidine groups is 1. The van der Waals surface area contributed by atoms with Crippen molar-refractivity contribution >= 4 is 49.0 Å². The fraction of sp³-hybridized carbons (Fsp3) is 0.0526. The number of nitrogens with one attached hydrogen (secondary N) is 1. The topological polar surface area (TPSA) is 62.0 Å². The van der Waals surface area contributed by atoms with Gasteiger partial charge in [0.2, 0.25) is 5.13 Å². The lowest BCUT2D eigenvalue weighted by Crippen LogP contribution is -1.94. The molecule has 122 valence electrons. The first-order chi connectivity index (χ1) is 12.3. The van der Waals surface area contributed by atoms with Gasteiger partial charge < -0.3 is 0 Å². The fourth-order valence-electron chi connectivity index (χ4n) is 2.50. The van der Waals surface area contributed by atoms with Gasteiger partial charge in [-0.1, -0.05) is 59.9 Å². The van der Waals surface area contributed by atoms with Gasteiger partial charge in [0.15, 0.2) is 5.84 Å². The lowest BCUT2D eigenvalue weighted by Gasteiger charge is -2.05. The summed E-state index contributed by atoms with van der Waals surface area (Å²) in [7, 11) is 0. The van der Waals surface area contributed by atoms with Crippen LogP contribution in [0.1, 0.15) is 6.92 Å². The summed E-state index contributed by atoms with van der Waals surface area (Å²) in [6.07, 6.45) is 0. The van der Waals surface area contributed by atoms with E-state index in [-0.39, 0.29) is 0 Å². The van der Waals surface area contributed by atoms with Crippen molar-refractivity contribution in [1.82, 2.24) is 4.98 Å². The molecule has 0 amide bonds. The van der Waals surface area contributed by atoms with Crippen LogP contribution in [0, 0.1) is 0 Å². The van der Waals surface area contributed by atoms with Crippen LogP contribution in [0.4, 0.5) is 10.8 Å². The highest BCUT2D eigenvalue weighted by Crippen LogP contribution is 2.28. The van der Waals surface area contributed by atoms with E-state index < -0.39 is 0 Å². The van der Waals surface area contributed by atoms with Gasteiger partial charge in [-0.2, -0.15) is 5.10 Å². The van der Waals surface area contributed by atoms with Crippen molar-refractivity contribution in [2.45, 2.75) is 6.92 Å². The maximum atomic E-state index is 4.43. The van der Waals surface area contributed by atoms with Crippen molar-refractivity contribution in [1.29, 1.82) is 0 Å². The molecule has 0 aliphatic rings. The first kappa shape index (κ1) is 15.4. The molecule has 0 fully saturated rings. The summed E-state index contributed by atoms with van der Waals surface area (Å²) in [5.41, 5.74) is 4.94. The molecule has 1 N–H and O–H groups in total. The maximum absolute atomic E-state index is 4.43. The van der Waals surface area contributed by atoms with E-state index in [1.807, 2.05) is 48.5 Å². The number of hydrogen-bond donors (Lipinski definition) is 1. The van der Waals surface area contributed by atoms with Gasteiger partial charge in [-0.3, -0.25) is 5.43 Å². The number of fused-ring (bicyclic) bond motifs is 2. The second kappa shape index (κ2) is 6.78. The minimum Gasteiger partial charge on any atom is -0.276 e. The number of anilines is 1. The summed E-state index contributed by atoms with van der Waals surface area (Å²) in [5, 5.41) is 15.5. The Morgan fingerprint density at radius 2 is 1.76 bits per heavy atom. The number of azo groups is 1. The summed E-state index contributed by atoms with van der Waals surface area (Å²) in [4.78, 5) is 4.43. The number of benzene rings is 3. The molecule has 5 nitrogen and oxygen atoms in total. The molecule has 0 unspecified atom stereocenters. The molecule has 0 aliphatic carbocycles. The zero-order valence-electron chi connectivity index (χ0n) is 13.5. The summed E-state index contributed by atoms with van der Waals surface area (Å²) in [5.74, 6) is 0.534. The standard InChI is InChI=1S/C19H15N5S/c1-13(22-24-19-20-17-10-4-5-12-18(17)25-19)21-23-16-11-6-8-14-7-2-3-9-15(14)16/h2-12,23H,1H3. The maximum Gasteiger partial charge on any atom is 0.231 e. The Morgan fingerprint density at radius 1 is 0.960 bits per heavy atom. The van der Waals surface area contributed by atoms with Gasteiger partial charge in [0.25, 0.3) is 0 Å². The van der Waals surface area contributed by atoms with Crippen molar-refractivity contribution in [2.24, 2.45) is 15.3 Å². The van der Waals surface area contributed by atoms with Crippen LogP contribution in [0.2, 0.25) is 0 Å². The zero-order valence-corrected chi connectivity index (χ0v) is 14.4. The summed E-state index contributed by atoms with van der Waals surface area (Å²) in [6, 6.07) is 22.2. The number of rotatable bonds is 3. The quantitative estimate of drug-likeness (QED) is 0.215. The molecule has 1 heterocycles. The van der Waals surface area contributed by atoms with Crippen LogP contribution < -0.4 is 5.43 Å². The third-order valence-electron chi connectivity index (χ3n) is 3.69. The molecule has 1 aromatic heterocycles. The van der Waals surface area contributed by atoms with Crippen molar-refractivity contribution in [3.63, 3.8) is 0 Å². The first-order valence-electron chi connectivity index (χ1n) is 7.85. The van der Waals surface area contributed by atoms with Gasteiger partial charge in [-0.05, 0) is 30.5 Å². The number of nitrogens with zero attached hydrogens (tertiary/aromatic N) is 4. The van der Waals surface area contributed by atoms with Gasteiger partial charge >= 0.3 is 0 Å². The van der Waals surface area contributed by atoms with Crippen LogP contribution >= 0.6 is 11.3 Å². The zero-order chi connectivity index (χ0) is 17.1. The minimum absolute atomic E-state index is 0.534. The van der Waals surface area contributed by atoms with Crippen LogP contribution in [0.5, 0.6) is 0 Å². The molecule has 6 heteroatoms. The molecule has 0 radical (unpaired) electrons. The minimum atomic E-state index is 0.534. The van der Waals surface area contributed by atoms with Crippen molar-refractivity contribution in [2.75, 3.05) is 5.43 Å². The molecule has 0 saturated carbocycles. The Morgan fingerprint density at radius 3 is 2.68 bits per heavy atom. The van der Waals surface area contributed by atoms with Gasteiger partial charge in [0.1, 0.15) is 0 Å². The number of para-hydroxylation sites is 1. The number of thiazole rings is 1. The molecule has 4 rings (SSSR count). The SMILES string of the molecule is CC(N=Nc1nc2ccccc2s1)=NNc1cccc2ccccc12. The normalized spacial score (nSPS) is 12.3. The third-order valence-corrected chi connectivity index (χ3v) is 4.61. The Labute approximate surface area is 148 Å². The lowest BCUT2D eigenvalue weighted by atomic mass is 10.1. The van der Waals surface area contributed by atoms with Crippen LogP contribution in [-0.2, 0) is 0 Å². The molecule has 0 saturated heterocycles. The molecule has 0 bridgehead atoms. The highest BCUT2D eigenvalue weighted by Gasteiger charge is 2.02. The molecule has 0 spiro atoms. The molecule has 3 aromatic carbocycles. The first-order valence-corrected chi connectivity index (χ1v) is 8.67. The van der Waals surface area contributed by atoms with E-state index >= 15 is 0 Å². The van der Waals surface area contributed by atoms with Crippen molar-refractivity contribution < 1.29 is 0 Å². The summed E-state index contributed by atoms with van der Waals surface area (Å²) in [6.45, 7) is 1.80. The number of hydrogen-bond acceptors (Lipinski definition) is 5. The highest BCUT2D eigenvalue weighted by atomic mass is 32.1. The third kappa shape index (κ3) is 3.39. The largest absolute Gasteiger partial charge is 0.276 e. The second-order valence-electron chi connectivity index (χ2n) is 5.46. The number of hydrazone groups is 1. The molecule has 4 aromatic rings. The van der Waals surface area contributed by atoms with Crippen LogP contribution in [0.25, 0.3) is 21.0 Å². The Balaban J connectivity index is 1.53. The van der Waals surface area contributed by atoms with Crippen molar-refractivity contribution in [3.05, 3.63) is 66.7 Å². The van der Waals surface area contributed by atoms with Crippen LogP contribution in [-0.4, -0.2) is 10.8 Å². The van der Waals surface area contributed by atoms with E-state index in [2.05, 4.69) is 43.9 Å². The summed E-state index contributed by atoms with van der Waals surface area (Å²) >= 11 is 1.51. The second-order valence-corrected chi connectivity index (χ2v) is 6.47. The van der Waals surface area contributed by atoms with Crippen molar-refractivity contribution in [3.8, 4) is 0 Å². The molecular formula is C19H15N5S. The van der Waals surface area contributed by atoms with E-state index in [1.165, 1.54) is 11.3 Å². The number of aromatic nitrogens is 1. The predicted octanol–water partition coefficient (Wildman–Crippen LogP) is 5.98. The fourth-order valence-corrected chi connectivity index (χ4v) is 3.29. The van der Waals surface area contributed by atoms with Gasteiger partial charge in [-0.15, -0.1) is 10.2 Å². The molecule has 0 atom stereocenters. The Hall–Kier alpha value is -3.12. The lowest BCUT2D eigenvalue weighted by molar-refractivity contribution is 1.20. The van der Waals surface area contributed by atoms with Crippen LogP contribution in [0.15, 0.2) is 82.1 Å². The van der Waals surface area contributed by atoms with E-state index in [0.717, 1.165) is 26.7 Å². The van der Waals surface area contributed by atoms with E-state index in [1.54, 1.807) is 6.92 Å². The van der Waals surface area contributed by atoms with Crippen LogP contribution in [0.3, 0.4) is 0 Å². The van der Waals surface area contributed by atoms with E-state index in [9.17, 15) is 0 Å². The summed E-state index contributed by atoms with van der Waals surface area (Å²) < 4.78 is 1.10. The van der Waals surface area contributed by atoms with E-state index in [0.29, 0.717) is 11.0 Å². The molecular weight excluding hydrogens is 330 g/mol. The monoisotopic (exact) mass is 345 g/mol. The molecule has 25 heavy (non-hydrogen) atoms. The van der Waals surface area contributed by atoms with E-state index in [4.69, 9.17) is 0 Å².